The molecule has 1 aliphatic heterocycles. The molecule has 0 amide bonds. The van der Waals surface area contributed by atoms with E-state index >= 15 is 0 Å². The van der Waals surface area contributed by atoms with Gasteiger partial charge in [-0.15, -0.1) is 11.3 Å². The van der Waals surface area contributed by atoms with Crippen molar-refractivity contribution in [1.29, 1.82) is 0 Å². The highest BCUT2D eigenvalue weighted by molar-refractivity contribution is 7.11. The van der Waals surface area contributed by atoms with Crippen molar-refractivity contribution in [1.82, 2.24) is 4.57 Å². The standard InChI is InChI=1S/C24H24N2O4S2/c1-5-29-17-10-8-16(9-11-17)21-20(23(28)30-14(2)3)15(4)25-24-26(21)22(27)19(32-24)13-18-7-6-12-31-18/h6-14,21H,5H2,1-4H3/b19-13-. The number of carbonyl (C=O) groups excluding carboxylic acids is 1. The minimum atomic E-state index is -0.626. The van der Waals surface area contributed by atoms with Crippen LogP contribution in [-0.4, -0.2) is 23.2 Å². The van der Waals surface area contributed by atoms with Gasteiger partial charge < -0.3 is 9.47 Å². The Morgan fingerprint density at radius 3 is 2.62 bits per heavy atom. The molecule has 3 aromatic rings. The van der Waals surface area contributed by atoms with E-state index in [9.17, 15) is 9.59 Å². The number of fused-ring (bicyclic) bond motifs is 1. The molecule has 32 heavy (non-hydrogen) atoms. The van der Waals surface area contributed by atoms with Crippen LogP contribution in [0.15, 0.2) is 62.8 Å². The van der Waals surface area contributed by atoms with E-state index in [1.807, 2.05) is 54.8 Å². The summed E-state index contributed by atoms with van der Waals surface area (Å²) < 4.78 is 13.3. The van der Waals surface area contributed by atoms with Crippen LogP contribution in [0.2, 0.25) is 0 Å². The Morgan fingerprint density at radius 1 is 1.25 bits per heavy atom. The number of carbonyl (C=O) groups is 1. The number of thiazole rings is 1. The molecular formula is C24H24N2O4S2. The third-order valence-corrected chi connectivity index (χ3v) is 6.71. The lowest BCUT2D eigenvalue weighted by atomic mass is 9.96. The van der Waals surface area contributed by atoms with Crippen molar-refractivity contribution in [2.45, 2.75) is 39.8 Å². The van der Waals surface area contributed by atoms with Gasteiger partial charge in [-0.2, -0.15) is 0 Å². The van der Waals surface area contributed by atoms with Gasteiger partial charge in [0.2, 0.25) is 0 Å². The largest absolute Gasteiger partial charge is 0.494 e. The minimum Gasteiger partial charge on any atom is -0.494 e. The Hall–Kier alpha value is -2.97. The quantitative estimate of drug-likeness (QED) is 0.518. The second-order valence-corrected chi connectivity index (χ2v) is 9.54. The zero-order chi connectivity index (χ0) is 22.8. The van der Waals surface area contributed by atoms with Gasteiger partial charge in [0.1, 0.15) is 5.75 Å². The summed E-state index contributed by atoms with van der Waals surface area (Å²) in [6, 6.07) is 10.7. The average molecular weight is 469 g/mol. The number of aromatic nitrogens is 1. The molecule has 1 unspecified atom stereocenters. The van der Waals surface area contributed by atoms with E-state index in [4.69, 9.17) is 9.47 Å². The molecule has 0 fully saturated rings. The second kappa shape index (κ2) is 9.26. The highest BCUT2D eigenvalue weighted by atomic mass is 32.1. The smallest absolute Gasteiger partial charge is 0.338 e. The predicted octanol–water partition coefficient (Wildman–Crippen LogP) is 3.65. The first-order valence-corrected chi connectivity index (χ1v) is 12.1. The van der Waals surface area contributed by atoms with Gasteiger partial charge in [0.25, 0.3) is 5.56 Å². The van der Waals surface area contributed by atoms with Gasteiger partial charge in [-0.05, 0) is 62.9 Å². The number of benzene rings is 1. The molecule has 0 saturated carbocycles. The normalized spacial score (nSPS) is 16.2. The fourth-order valence-corrected chi connectivity index (χ4v) is 5.36. The molecule has 1 aliphatic rings. The van der Waals surface area contributed by atoms with Crippen molar-refractivity contribution in [3.05, 3.63) is 83.2 Å². The van der Waals surface area contributed by atoms with E-state index in [0.29, 0.717) is 27.2 Å². The van der Waals surface area contributed by atoms with Crippen LogP contribution in [0.25, 0.3) is 6.08 Å². The highest BCUT2D eigenvalue weighted by Gasteiger charge is 2.33. The maximum absolute atomic E-state index is 13.5. The van der Waals surface area contributed by atoms with Crippen LogP contribution in [0.5, 0.6) is 5.75 Å². The van der Waals surface area contributed by atoms with Crippen LogP contribution < -0.4 is 19.6 Å². The van der Waals surface area contributed by atoms with Gasteiger partial charge in [0.15, 0.2) is 4.80 Å². The molecule has 4 rings (SSSR count). The Kier molecular flexibility index (Phi) is 6.43. The summed E-state index contributed by atoms with van der Waals surface area (Å²) in [5.41, 5.74) is 1.54. The van der Waals surface area contributed by atoms with Gasteiger partial charge in [0.05, 0.1) is 34.6 Å². The molecule has 0 N–H and O–H groups in total. The Morgan fingerprint density at radius 2 is 2.00 bits per heavy atom. The van der Waals surface area contributed by atoms with E-state index in [0.717, 1.165) is 16.2 Å². The molecular weight excluding hydrogens is 444 g/mol. The van der Waals surface area contributed by atoms with E-state index in [1.54, 1.807) is 36.7 Å². The summed E-state index contributed by atoms with van der Waals surface area (Å²) in [4.78, 5) is 32.7. The molecule has 1 atom stereocenters. The maximum atomic E-state index is 13.5. The van der Waals surface area contributed by atoms with Gasteiger partial charge in [0, 0.05) is 4.88 Å². The van der Waals surface area contributed by atoms with Crippen LogP contribution in [0, 0.1) is 0 Å². The summed E-state index contributed by atoms with van der Waals surface area (Å²) in [6.45, 7) is 7.87. The second-order valence-electron chi connectivity index (χ2n) is 7.55. The van der Waals surface area contributed by atoms with Crippen molar-refractivity contribution >= 4 is 34.7 Å². The SMILES string of the molecule is CCOc1ccc(C2C(C(=O)OC(C)C)=C(C)N=c3s/c(=C\c4cccs4)c(=O)n32)cc1. The molecule has 2 aromatic heterocycles. The zero-order valence-corrected chi connectivity index (χ0v) is 20.0. The first-order valence-electron chi connectivity index (χ1n) is 10.4. The summed E-state index contributed by atoms with van der Waals surface area (Å²) in [7, 11) is 0. The third-order valence-electron chi connectivity index (χ3n) is 4.91. The molecule has 3 heterocycles. The van der Waals surface area contributed by atoms with Crippen molar-refractivity contribution in [3.8, 4) is 5.75 Å². The number of ether oxygens (including phenoxy) is 2. The van der Waals surface area contributed by atoms with Crippen LogP contribution in [0.1, 0.15) is 44.2 Å². The summed E-state index contributed by atoms with van der Waals surface area (Å²) in [5, 5.41) is 1.97. The summed E-state index contributed by atoms with van der Waals surface area (Å²) in [6.07, 6.45) is 1.59. The van der Waals surface area contributed by atoms with Crippen LogP contribution in [-0.2, 0) is 9.53 Å². The average Bonchev–Trinajstić information content (AvgIpc) is 3.36. The Bertz CT molecular complexity index is 1330. The molecule has 0 radical (unpaired) electrons. The van der Waals surface area contributed by atoms with Gasteiger partial charge in [-0.3, -0.25) is 9.36 Å². The first-order chi connectivity index (χ1) is 15.4. The number of esters is 1. The van der Waals surface area contributed by atoms with Gasteiger partial charge in [-0.25, -0.2) is 9.79 Å². The number of rotatable bonds is 6. The number of nitrogens with zero attached hydrogens (tertiary/aromatic N) is 2. The van der Waals surface area contributed by atoms with Crippen LogP contribution >= 0.6 is 22.7 Å². The van der Waals surface area contributed by atoms with E-state index in [1.165, 1.54) is 11.3 Å². The van der Waals surface area contributed by atoms with Crippen molar-refractivity contribution in [2.24, 2.45) is 4.99 Å². The molecule has 8 heteroatoms. The van der Waals surface area contributed by atoms with E-state index in [2.05, 4.69) is 4.99 Å². The molecule has 1 aromatic carbocycles. The van der Waals surface area contributed by atoms with Crippen LogP contribution in [0.3, 0.4) is 0 Å². The summed E-state index contributed by atoms with van der Waals surface area (Å²) >= 11 is 2.89. The lowest BCUT2D eigenvalue weighted by molar-refractivity contribution is -0.143. The van der Waals surface area contributed by atoms with Crippen molar-refractivity contribution < 1.29 is 14.3 Å². The van der Waals surface area contributed by atoms with Gasteiger partial charge in [-0.1, -0.05) is 29.5 Å². The Balaban J connectivity index is 1.91. The van der Waals surface area contributed by atoms with E-state index < -0.39 is 12.0 Å². The molecule has 0 aliphatic carbocycles. The lowest BCUT2D eigenvalue weighted by Gasteiger charge is -2.25. The number of hydrogen-bond donors (Lipinski definition) is 0. The van der Waals surface area contributed by atoms with Crippen molar-refractivity contribution in [2.75, 3.05) is 6.61 Å². The van der Waals surface area contributed by atoms with Crippen molar-refractivity contribution in [3.63, 3.8) is 0 Å². The zero-order valence-electron chi connectivity index (χ0n) is 18.3. The third kappa shape index (κ3) is 4.33. The molecule has 0 bridgehead atoms. The predicted molar refractivity (Wildman–Crippen MR) is 127 cm³/mol. The highest BCUT2D eigenvalue weighted by Crippen LogP contribution is 2.32. The van der Waals surface area contributed by atoms with E-state index in [-0.39, 0.29) is 11.7 Å². The molecule has 6 nitrogen and oxygen atoms in total. The number of allylic oxidation sites excluding steroid dienone is 1. The first kappa shape index (κ1) is 22.2. The lowest BCUT2D eigenvalue weighted by Crippen LogP contribution is -2.40. The topological polar surface area (TPSA) is 69.9 Å². The van der Waals surface area contributed by atoms with Crippen LogP contribution in [0.4, 0.5) is 0 Å². The monoisotopic (exact) mass is 468 g/mol. The summed E-state index contributed by atoms with van der Waals surface area (Å²) in [5.74, 6) is 0.265. The Labute approximate surface area is 193 Å². The number of hydrogen-bond acceptors (Lipinski definition) is 7. The fourth-order valence-electron chi connectivity index (χ4n) is 3.59. The molecule has 166 valence electrons. The van der Waals surface area contributed by atoms with Gasteiger partial charge >= 0.3 is 5.97 Å². The number of thiophene rings is 1. The maximum Gasteiger partial charge on any atom is 0.338 e. The molecule has 0 spiro atoms. The fraction of sp³-hybridized carbons (Fsp3) is 0.292. The minimum absolute atomic E-state index is 0.177. The molecule has 0 saturated heterocycles.